The fourth-order valence-corrected chi connectivity index (χ4v) is 2.17. The Hall–Kier alpha value is -1.05. The molecule has 1 atom stereocenters. The van der Waals surface area contributed by atoms with Gasteiger partial charge in [-0.15, -0.1) is 0 Å². The summed E-state index contributed by atoms with van der Waals surface area (Å²) in [5.74, 6) is 0. The smallest absolute Gasteiger partial charge is 0.141 e. The number of nitriles is 1. The summed E-state index contributed by atoms with van der Waals surface area (Å²) in [6, 6.07) is 12.0. The van der Waals surface area contributed by atoms with Gasteiger partial charge >= 0.3 is 0 Å². The molecule has 0 heterocycles. The summed E-state index contributed by atoms with van der Waals surface area (Å²) in [4.78, 5) is 1.91. The lowest BCUT2D eigenvalue weighted by molar-refractivity contribution is 1.24. The van der Waals surface area contributed by atoms with Crippen molar-refractivity contribution in [3.05, 3.63) is 30.3 Å². The van der Waals surface area contributed by atoms with E-state index in [1.54, 1.807) is 0 Å². The summed E-state index contributed by atoms with van der Waals surface area (Å²) >= 11 is 6.64. The molecule has 2 nitrogen and oxygen atoms in total. The highest BCUT2D eigenvalue weighted by Crippen LogP contribution is 2.20. The number of rotatable bonds is 2. The van der Waals surface area contributed by atoms with E-state index in [1.165, 1.54) is 11.8 Å². The highest BCUT2D eigenvalue weighted by molar-refractivity contribution is 8.23. The predicted molar refractivity (Wildman–Crippen MR) is 70.1 cm³/mol. The maximum Gasteiger partial charge on any atom is 0.141 e. The van der Waals surface area contributed by atoms with Gasteiger partial charge in [0.15, 0.2) is 0 Å². The first-order valence-corrected chi connectivity index (χ1v) is 5.83. The molecule has 0 fully saturated rings. The van der Waals surface area contributed by atoms with Gasteiger partial charge in [0.05, 0.1) is 11.3 Å². The highest BCUT2D eigenvalue weighted by atomic mass is 32.2. The van der Waals surface area contributed by atoms with Crippen LogP contribution in [0.4, 0.5) is 5.69 Å². The third-order valence-corrected chi connectivity index (χ3v) is 3.37. The Morgan fingerprint density at radius 2 is 2.07 bits per heavy atom. The van der Waals surface area contributed by atoms with Crippen LogP contribution in [0.2, 0.25) is 0 Å². The Labute approximate surface area is 99.9 Å². The molecular formula is C11H12N2S2. The van der Waals surface area contributed by atoms with Crippen LogP contribution < -0.4 is 4.90 Å². The molecule has 1 aromatic rings. The van der Waals surface area contributed by atoms with E-state index in [9.17, 15) is 0 Å². The Morgan fingerprint density at radius 3 is 2.60 bits per heavy atom. The maximum absolute atomic E-state index is 8.69. The summed E-state index contributed by atoms with van der Waals surface area (Å²) in [7, 11) is 1.91. The van der Waals surface area contributed by atoms with Crippen LogP contribution in [0.15, 0.2) is 30.3 Å². The van der Waals surface area contributed by atoms with Crippen LogP contribution in [0.5, 0.6) is 0 Å². The van der Waals surface area contributed by atoms with Crippen molar-refractivity contribution >= 4 is 34.0 Å². The molecule has 0 aromatic heterocycles. The van der Waals surface area contributed by atoms with Crippen molar-refractivity contribution in [3.8, 4) is 6.07 Å². The van der Waals surface area contributed by atoms with Crippen molar-refractivity contribution in [2.24, 2.45) is 0 Å². The maximum atomic E-state index is 8.69. The second kappa shape index (κ2) is 5.74. The van der Waals surface area contributed by atoms with E-state index >= 15 is 0 Å². The van der Waals surface area contributed by atoms with Gasteiger partial charge < -0.3 is 4.90 Å². The van der Waals surface area contributed by atoms with Crippen molar-refractivity contribution in [1.29, 1.82) is 5.26 Å². The number of hydrogen-bond acceptors (Lipinski definition) is 3. The molecule has 0 aliphatic carbocycles. The van der Waals surface area contributed by atoms with Gasteiger partial charge in [0.25, 0.3) is 0 Å². The van der Waals surface area contributed by atoms with Gasteiger partial charge in [-0.25, -0.2) is 0 Å². The number of benzene rings is 1. The average molecular weight is 236 g/mol. The lowest BCUT2D eigenvalue weighted by Gasteiger charge is -2.19. The van der Waals surface area contributed by atoms with Crippen molar-refractivity contribution in [3.63, 3.8) is 0 Å². The first kappa shape index (κ1) is 12.0. The Bertz CT molecular complexity index is 370. The molecule has 78 valence electrons. The zero-order valence-corrected chi connectivity index (χ0v) is 10.3. The molecule has 0 N–H and O–H groups in total. The van der Waals surface area contributed by atoms with E-state index < -0.39 is 0 Å². The van der Waals surface area contributed by atoms with Gasteiger partial charge in [-0.2, -0.15) is 5.26 Å². The van der Waals surface area contributed by atoms with E-state index in [2.05, 4.69) is 6.07 Å². The van der Waals surface area contributed by atoms with E-state index in [4.69, 9.17) is 17.5 Å². The van der Waals surface area contributed by atoms with Crippen molar-refractivity contribution in [2.45, 2.75) is 12.2 Å². The second-order valence-electron chi connectivity index (χ2n) is 3.05. The molecule has 0 bridgehead atoms. The summed E-state index contributed by atoms with van der Waals surface area (Å²) in [6.45, 7) is 1.84. The van der Waals surface area contributed by atoms with Crippen LogP contribution in [0, 0.1) is 11.3 Å². The molecule has 0 amide bonds. The molecule has 1 rings (SSSR count). The summed E-state index contributed by atoms with van der Waals surface area (Å²) in [6.07, 6.45) is 0. The van der Waals surface area contributed by atoms with Gasteiger partial charge in [0.1, 0.15) is 4.32 Å². The second-order valence-corrected chi connectivity index (χ2v) is 5.02. The number of para-hydroxylation sites is 1. The Balaban J connectivity index is 2.66. The van der Waals surface area contributed by atoms with Crippen LogP contribution in [0.3, 0.4) is 0 Å². The number of nitrogens with zero attached hydrogens (tertiary/aromatic N) is 2. The first-order chi connectivity index (χ1) is 7.15. The molecule has 0 aliphatic rings. The standard InChI is InChI=1S/C11H12N2S2/c1-9(8-12)15-11(14)13(2)10-6-4-3-5-7-10/h3-7,9H,1-2H3. The minimum absolute atomic E-state index is 0.108. The fourth-order valence-electron chi connectivity index (χ4n) is 1.01. The van der Waals surface area contributed by atoms with Crippen molar-refractivity contribution in [2.75, 3.05) is 11.9 Å². The lowest BCUT2D eigenvalue weighted by Crippen LogP contribution is -2.22. The normalized spacial score (nSPS) is 11.5. The minimum Gasteiger partial charge on any atom is -0.330 e. The molecule has 4 heteroatoms. The summed E-state index contributed by atoms with van der Waals surface area (Å²) in [5.41, 5.74) is 1.04. The molecule has 1 unspecified atom stereocenters. The topological polar surface area (TPSA) is 27.0 Å². The van der Waals surface area contributed by atoms with E-state index in [0.29, 0.717) is 0 Å². The number of thioether (sulfide) groups is 1. The Kier molecular flexibility index (Phi) is 4.60. The molecule has 0 spiro atoms. The molecule has 0 saturated heterocycles. The average Bonchev–Trinajstić information content (AvgIpc) is 2.29. The highest BCUT2D eigenvalue weighted by Gasteiger charge is 2.10. The number of anilines is 1. The van der Waals surface area contributed by atoms with Gasteiger partial charge in [-0.1, -0.05) is 42.2 Å². The molecule has 0 aliphatic heterocycles. The third kappa shape index (κ3) is 3.54. The largest absolute Gasteiger partial charge is 0.330 e. The van der Waals surface area contributed by atoms with Crippen LogP contribution >= 0.6 is 24.0 Å². The predicted octanol–water partition coefficient (Wildman–Crippen LogP) is 3.05. The van der Waals surface area contributed by atoms with Crippen molar-refractivity contribution in [1.82, 2.24) is 0 Å². The van der Waals surface area contributed by atoms with Gasteiger partial charge in [-0.3, -0.25) is 0 Å². The van der Waals surface area contributed by atoms with Crippen molar-refractivity contribution < 1.29 is 0 Å². The molecular weight excluding hydrogens is 224 g/mol. The first-order valence-electron chi connectivity index (χ1n) is 4.54. The number of hydrogen-bond donors (Lipinski definition) is 0. The number of thiocarbonyl (C=S) groups is 1. The van der Waals surface area contributed by atoms with Crippen LogP contribution in [-0.4, -0.2) is 16.6 Å². The Morgan fingerprint density at radius 1 is 1.47 bits per heavy atom. The molecule has 0 radical (unpaired) electrons. The van der Waals surface area contributed by atoms with E-state index in [0.717, 1.165) is 10.0 Å². The monoisotopic (exact) mass is 236 g/mol. The quantitative estimate of drug-likeness (QED) is 0.737. The van der Waals surface area contributed by atoms with Gasteiger partial charge in [0, 0.05) is 12.7 Å². The zero-order chi connectivity index (χ0) is 11.3. The third-order valence-electron chi connectivity index (χ3n) is 1.88. The SMILES string of the molecule is CC(C#N)SC(=S)N(C)c1ccccc1. The lowest BCUT2D eigenvalue weighted by atomic mass is 10.3. The zero-order valence-electron chi connectivity index (χ0n) is 8.68. The van der Waals surface area contributed by atoms with Crippen LogP contribution in [0.25, 0.3) is 0 Å². The summed E-state index contributed by atoms with van der Waals surface area (Å²) in [5, 5.41) is 8.58. The molecule has 0 saturated carbocycles. The van der Waals surface area contributed by atoms with E-state index in [-0.39, 0.29) is 5.25 Å². The van der Waals surface area contributed by atoms with Crippen LogP contribution in [0.1, 0.15) is 6.92 Å². The van der Waals surface area contributed by atoms with E-state index in [1.807, 2.05) is 49.2 Å². The minimum atomic E-state index is -0.108. The van der Waals surface area contributed by atoms with Gasteiger partial charge in [0.2, 0.25) is 0 Å². The fraction of sp³-hybridized carbons (Fsp3) is 0.273. The van der Waals surface area contributed by atoms with Crippen LogP contribution in [-0.2, 0) is 0 Å². The van der Waals surface area contributed by atoms with Gasteiger partial charge in [-0.05, 0) is 19.1 Å². The molecule has 15 heavy (non-hydrogen) atoms. The summed E-state index contributed by atoms with van der Waals surface area (Å²) < 4.78 is 0.718. The molecule has 1 aromatic carbocycles.